The summed E-state index contributed by atoms with van der Waals surface area (Å²) in [6, 6.07) is 0. The molecule has 1 aliphatic carbocycles. The Kier molecular flexibility index (Phi) is 8.04. The number of benzene rings is 1. The molecule has 36 heavy (non-hydrogen) atoms. The van der Waals surface area contributed by atoms with Gasteiger partial charge in [-0.05, 0) is 46.0 Å². The average molecular weight is 501 g/mol. The van der Waals surface area contributed by atoms with Gasteiger partial charge in [0.15, 0.2) is 11.6 Å². The number of ether oxygens (including phenoxy) is 2. The normalized spacial score (nSPS) is 25.7. The van der Waals surface area contributed by atoms with Gasteiger partial charge >= 0.3 is 0 Å². The highest BCUT2D eigenvalue weighted by Gasteiger charge is 2.62. The van der Waals surface area contributed by atoms with Crippen LogP contribution in [0.1, 0.15) is 150 Å². The van der Waals surface area contributed by atoms with Crippen molar-refractivity contribution in [1.29, 1.82) is 0 Å². The maximum absolute atomic E-state index is 13.5. The number of hydrogen-bond donors (Lipinski definition) is 2. The van der Waals surface area contributed by atoms with E-state index in [1.165, 1.54) is 0 Å². The lowest BCUT2D eigenvalue weighted by molar-refractivity contribution is -0.234. The highest BCUT2D eigenvalue weighted by molar-refractivity contribution is 6.09. The van der Waals surface area contributed by atoms with Crippen LogP contribution in [0, 0.1) is 5.92 Å². The number of phenols is 2. The predicted octanol–water partition coefficient (Wildman–Crippen LogP) is 7.58. The third-order valence-corrected chi connectivity index (χ3v) is 8.41. The van der Waals surface area contributed by atoms with Crippen molar-refractivity contribution >= 4 is 11.6 Å². The smallest absolute Gasteiger partial charge is 0.214 e. The molecular weight excluding hydrogens is 456 g/mol. The summed E-state index contributed by atoms with van der Waals surface area (Å²) in [5.74, 6) is -1.82. The second-order valence-corrected chi connectivity index (χ2v) is 11.7. The molecule has 2 fully saturated rings. The lowest BCUT2D eigenvalue weighted by atomic mass is 9.67. The first-order valence-corrected chi connectivity index (χ1v) is 14.2. The summed E-state index contributed by atoms with van der Waals surface area (Å²) >= 11 is 0. The van der Waals surface area contributed by atoms with Crippen LogP contribution in [0.3, 0.4) is 0 Å². The molecule has 1 aromatic rings. The number of Topliss-reactive ketones (excluding diaryl/α,β-unsaturated/α-hetero) is 2. The molecule has 1 saturated carbocycles. The minimum atomic E-state index is -0.860. The number of unbranched alkanes of at least 4 members (excludes halogenated alkanes) is 6. The standard InChI is InChI=1S/C30H44O6/c1-5-7-9-11-15-21(31)24-26(33)23-19-14-13-17-30(20(19)18-29(3,4)36-30)35-28(23)25(27(24)34)22(32)16-12-10-8-6-2/h19-20,33-34H,5-18H2,1-4H3/t19-,20-,30-/m0/s1. The molecule has 2 aliphatic heterocycles. The van der Waals surface area contributed by atoms with Gasteiger partial charge in [0.25, 0.3) is 0 Å². The molecule has 0 unspecified atom stereocenters. The summed E-state index contributed by atoms with van der Waals surface area (Å²) in [5, 5.41) is 22.8. The molecule has 1 aromatic carbocycles. The minimum Gasteiger partial charge on any atom is -0.507 e. The second-order valence-electron chi connectivity index (χ2n) is 11.7. The Bertz CT molecular complexity index is 996. The van der Waals surface area contributed by atoms with E-state index in [4.69, 9.17) is 9.47 Å². The molecule has 1 saturated heterocycles. The first-order chi connectivity index (χ1) is 17.2. The Morgan fingerprint density at radius 2 is 1.50 bits per heavy atom. The van der Waals surface area contributed by atoms with Crippen molar-refractivity contribution in [2.75, 3.05) is 0 Å². The van der Waals surface area contributed by atoms with Crippen LogP contribution in [-0.2, 0) is 4.74 Å². The summed E-state index contributed by atoms with van der Waals surface area (Å²) in [7, 11) is 0. The summed E-state index contributed by atoms with van der Waals surface area (Å²) in [4.78, 5) is 26.9. The number of carbonyl (C=O) groups is 2. The molecule has 3 atom stereocenters. The van der Waals surface area contributed by atoms with Crippen molar-refractivity contribution in [3.05, 3.63) is 16.7 Å². The van der Waals surface area contributed by atoms with Crippen LogP contribution in [0.5, 0.6) is 17.2 Å². The first kappa shape index (κ1) is 27.0. The molecule has 4 rings (SSSR count). The Balaban J connectivity index is 1.79. The van der Waals surface area contributed by atoms with Gasteiger partial charge in [0.2, 0.25) is 5.79 Å². The lowest BCUT2D eigenvalue weighted by Crippen LogP contribution is -2.50. The van der Waals surface area contributed by atoms with E-state index < -0.39 is 17.1 Å². The lowest BCUT2D eigenvalue weighted by Gasteiger charge is -2.48. The number of fused-ring (bicyclic) bond motifs is 2. The van der Waals surface area contributed by atoms with Crippen LogP contribution in [0.25, 0.3) is 0 Å². The van der Waals surface area contributed by atoms with Crippen LogP contribution in [0.2, 0.25) is 0 Å². The maximum Gasteiger partial charge on any atom is 0.214 e. The third-order valence-electron chi connectivity index (χ3n) is 8.41. The monoisotopic (exact) mass is 500 g/mol. The van der Waals surface area contributed by atoms with Crippen LogP contribution in [-0.4, -0.2) is 33.2 Å². The minimum absolute atomic E-state index is 0.0317. The van der Waals surface area contributed by atoms with E-state index in [1.807, 2.05) is 13.8 Å². The van der Waals surface area contributed by atoms with E-state index in [2.05, 4.69) is 13.8 Å². The summed E-state index contributed by atoms with van der Waals surface area (Å²) in [5.41, 5.74) is 0.106. The van der Waals surface area contributed by atoms with E-state index >= 15 is 0 Å². The Morgan fingerprint density at radius 3 is 2.11 bits per heavy atom. The van der Waals surface area contributed by atoms with Gasteiger partial charge in [0.05, 0.1) is 5.60 Å². The van der Waals surface area contributed by atoms with Gasteiger partial charge in [-0.25, -0.2) is 0 Å². The van der Waals surface area contributed by atoms with Crippen LogP contribution < -0.4 is 4.74 Å². The van der Waals surface area contributed by atoms with E-state index in [1.54, 1.807) is 0 Å². The zero-order chi connectivity index (χ0) is 26.1. The third kappa shape index (κ3) is 4.90. The van der Waals surface area contributed by atoms with Crippen molar-refractivity contribution < 1.29 is 29.3 Å². The Morgan fingerprint density at radius 1 is 0.889 bits per heavy atom. The zero-order valence-electron chi connectivity index (χ0n) is 22.6. The molecule has 200 valence electrons. The highest BCUT2D eigenvalue weighted by atomic mass is 16.7. The van der Waals surface area contributed by atoms with Gasteiger partial charge in [-0.15, -0.1) is 0 Å². The maximum atomic E-state index is 13.5. The predicted molar refractivity (Wildman–Crippen MR) is 139 cm³/mol. The SMILES string of the molecule is CCCCCCC(=O)c1c(O)c(C(=O)CCCCCC)c2c(c1O)[C@H]1CCC[C@]3(O2)OC(C)(C)C[C@@H]13. The average Bonchev–Trinajstić information content (AvgIpc) is 3.10. The molecule has 0 spiro atoms. The molecule has 2 N–H and O–H groups in total. The fourth-order valence-corrected chi connectivity index (χ4v) is 6.76. The van der Waals surface area contributed by atoms with E-state index in [9.17, 15) is 19.8 Å². The number of hydrogen-bond acceptors (Lipinski definition) is 6. The highest BCUT2D eigenvalue weighted by Crippen LogP contribution is 2.64. The van der Waals surface area contributed by atoms with Gasteiger partial charge < -0.3 is 19.7 Å². The van der Waals surface area contributed by atoms with Gasteiger partial charge in [-0.2, -0.15) is 0 Å². The van der Waals surface area contributed by atoms with E-state index in [0.717, 1.165) is 57.8 Å². The van der Waals surface area contributed by atoms with Crippen molar-refractivity contribution in [3.8, 4) is 17.2 Å². The molecule has 0 aromatic heterocycles. The largest absolute Gasteiger partial charge is 0.507 e. The molecule has 2 heterocycles. The van der Waals surface area contributed by atoms with Crippen molar-refractivity contribution in [2.24, 2.45) is 5.92 Å². The number of aromatic hydroxyl groups is 2. The first-order valence-electron chi connectivity index (χ1n) is 14.2. The molecule has 0 radical (unpaired) electrons. The Hall–Kier alpha value is -2.08. The van der Waals surface area contributed by atoms with Gasteiger partial charge in [0.1, 0.15) is 28.4 Å². The number of carbonyl (C=O) groups excluding carboxylic acids is 2. The van der Waals surface area contributed by atoms with Gasteiger partial charge in [-0.1, -0.05) is 52.4 Å². The van der Waals surface area contributed by atoms with E-state index in [-0.39, 0.29) is 58.9 Å². The fraction of sp³-hybridized carbons (Fsp3) is 0.733. The van der Waals surface area contributed by atoms with Crippen molar-refractivity contribution in [3.63, 3.8) is 0 Å². The molecule has 2 bridgehead atoms. The topological polar surface area (TPSA) is 93.1 Å². The number of phenolic OH excluding ortho intramolecular Hbond substituents is 2. The van der Waals surface area contributed by atoms with Crippen LogP contribution >= 0.6 is 0 Å². The fourth-order valence-electron chi connectivity index (χ4n) is 6.76. The number of ketones is 2. The molecule has 6 nitrogen and oxygen atoms in total. The van der Waals surface area contributed by atoms with Crippen LogP contribution in [0.15, 0.2) is 0 Å². The Labute approximate surface area is 215 Å². The molecule has 0 amide bonds. The van der Waals surface area contributed by atoms with E-state index in [0.29, 0.717) is 24.8 Å². The van der Waals surface area contributed by atoms with Crippen molar-refractivity contribution in [2.45, 2.75) is 135 Å². The zero-order valence-corrected chi connectivity index (χ0v) is 22.6. The van der Waals surface area contributed by atoms with Gasteiger partial charge in [0, 0.05) is 36.7 Å². The molecule has 6 heteroatoms. The molecular formula is C30H44O6. The quantitative estimate of drug-likeness (QED) is 0.227. The molecule has 3 aliphatic rings. The summed E-state index contributed by atoms with van der Waals surface area (Å²) < 4.78 is 13.1. The van der Waals surface area contributed by atoms with Crippen molar-refractivity contribution in [1.82, 2.24) is 0 Å². The van der Waals surface area contributed by atoms with Gasteiger partial charge in [-0.3, -0.25) is 9.59 Å². The summed E-state index contributed by atoms with van der Waals surface area (Å²) in [6.07, 6.45) is 11.1. The second kappa shape index (κ2) is 10.7. The van der Waals surface area contributed by atoms with Crippen LogP contribution in [0.4, 0.5) is 0 Å². The summed E-state index contributed by atoms with van der Waals surface area (Å²) in [6.45, 7) is 8.32. The number of rotatable bonds is 12.